The lowest BCUT2D eigenvalue weighted by atomic mass is 9.98. The minimum Gasteiger partial charge on any atom is -0.479 e. The van der Waals surface area contributed by atoms with Crippen LogP contribution in [-0.4, -0.2) is 89.2 Å². The molecule has 12 heteroatoms. The van der Waals surface area contributed by atoms with Crippen LogP contribution in [0.4, 0.5) is 0 Å². The topological polar surface area (TPSA) is 175 Å². The molecule has 0 aromatic rings. The first-order valence-electron chi connectivity index (χ1n) is 29.6. The maximum absolute atomic E-state index is 13.1. The van der Waals surface area contributed by atoms with Crippen LogP contribution in [0.2, 0.25) is 0 Å². The Balaban J connectivity index is 2.70. The first-order valence-corrected chi connectivity index (χ1v) is 29.6. The van der Waals surface area contributed by atoms with Gasteiger partial charge in [-0.2, -0.15) is 0 Å². The van der Waals surface area contributed by atoms with Gasteiger partial charge in [-0.1, -0.05) is 209 Å². The first-order chi connectivity index (χ1) is 36.6. The molecule has 0 amide bonds. The molecular weight excluding hydrogens is 949 g/mol. The third-order valence-corrected chi connectivity index (χ3v) is 13.0. The molecule has 1 rings (SSSR count). The minimum absolute atomic E-state index is 0.0179. The average Bonchev–Trinajstić information content (AvgIpc) is 3.39. The summed E-state index contributed by atoms with van der Waals surface area (Å²) in [5.41, 5.74) is 0. The van der Waals surface area contributed by atoms with Crippen LogP contribution in [0.1, 0.15) is 239 Å². The Bertz CT molecular complexity index is 1630. The van der Waals surface area contributed by atoms with Crippen molar-refractivity contribution in [2.24, 2.45) is 0 Å². The molecule has 0 radical (unpaired) electrons. The number of allylic oxidation sites excluding steroid dienone is 14. The van der Waals surface area contributed by atoms with Crippen molar-refractivity contribution < 1.29 is 58.2 Å². The van der Waals surface area contributed by atoms with Crippen LogP contribution in [-0.2, 0) is 42.9 Å². The fraction of sp³-hybridized carbons (Fsp3) is 0.714. The highest BCUT2D eigenvalue weighted by Crippen LogP contribution is 2.26. The first kappa shape index (κ1) is 68.9. The molecule has 1 saturated heterocycles. The number of aliphatic hydroxyl groups excluding tert-OH is 2. The molecule has 3 N–H and O–H groups in total. The van der Waals surface area contributed by atoms with E-state index in [1.165, 1.54) is 64.2 Å². The monoisotopic (exact) mass is 1050 g/mol. The molecule has 75 heavy (non-hydrogen) atoms. The van der Waals surface area contributed by atoms with Crippen molar-refractivity contribution in [1.29, 1.82) is 0 Å². The van der Waals surface area contributed by atoms with Crippen LogP contribution in [0.3, 0.4) is 0 Å². The second-order valence-electron chi connectivity index (χ2n) is 19.9. The summed E-state index contributed by atoms with van der Waals surface area (Å²) < 4.78 is 28.4. The highest BCUT2D eigenvalue weighted by atomic mass is 16.7. The number of hydrogen-bond donors (Lipinski definition) is 3. The number of carbonyl (C=O) groups is 4. The third kappa shape index (κ3) is 40.8. The molecule has 0 aromatic carbocycles. The standard InChI is InChI=1S/C63H104O12/c1-4-7-10-13-16-19-22-24-26-27-28-29-31-33-36-39-42-45-48-51-57(66)74-61-59(68)58(67)60(62(69)70)75-63(61)72-53-54(73-56(65)50-47-44-41-38-34-21-18-15-12-9-6-3)52-71-55(64)49-46-43-40-37-35-32-30-25-23-20-17-14-11-8-5-2/h7,10,16-17,19-20,24-26,28-30,33,36,54,58-61,63,67-68H,4-6,8-9,11-15,18,21-23,27,31-32,34-35,37-53H2,1-3H3,(H,69,70)/b10-7-,19-16-,20-17-,26-24-,29-28-,30-25-,36-33-. The molecule has 0 saturated carbocycles. The number of carboxylic acids is 1. The number of aliphatic hydroxyl groups is 2. The van der Waals surface area contributed by atoms with E-state index < -0.39 is 67.3 Å². The number of ether oxygens (including phenoxy) is 5. The molecule has 6 atom stereocenters. The van der Waals surface area contributed by atoms with Gasteiger partial charge in [0.15, 0.2) is 24.6 Å². The number of hydrogen-bond acceptors (Lipinski definition) is 11. The zero-order valence-electron chi connectivity index (χ0n) is 47.0. The normalized spacial score (nSPS) is 18.8. The number of carboxylic acid groups (broad SMARTS) is 1. The van der Waals surface area contributed by atoms with E-state index in [4.69, 9.17) is 23.7 Å². The largest absolute Gasteiger partial charge is 0.479 e. The number of carbonyl (C=O) groups excluding carboxylic acids is 3. The lowest BCUT2D eigenvalue weighted by Crippen LogP contribution is -2.61. The SMILES string of the molecule is CC/C=C\C/C=C\C/C=C\C/C=C\C/C=C\CCCCCC(=O)OC1C(OCC(COC(=O)CCCCCCC/C=C\C/C=C\CCCCC)OC(=O)CCCCCCCCCCCCC)OC(C(=O)O)C(O)C1O. The van der Waals surface area contributed by atoms with E-state index in [1.54, 1.807) is 0 Å². The molecular formula is C63H104O12. The summed E-state index contributed by atoms with van der Waals surface area (Å²) in [6.07, 6.45) is 52.6. The van der Waals surface area contributed by atoms with Crippen molar-refractivity contribution in [2.45, 2.75) is 276 Å². The summed E-state index contributed by atoms with van der Waals surface area (Å²) in [6.45, 7) is 5.81. The fourth-order valence-corrected chi connectivity index (χ4v) is 8.42. The fourth-order valence-electron chi connectivity index (χ4n) is 8.42. The zero-order chi connectivity index (χ0) is 54.7. The van der Waals surface area contributed by atoms with Crippen molar-refractivity contribution in [3.8, 4) is 0 Å². The van der Waals surface area contributed by atoms with E-state index in [0.29, 0.717) is 19.3 Å². The summed E-state index contributed by atoms with van der Waals surface area (Å²) in [6, 6.07) is 0. The molecule has 0 spiro atoms. The van der Waals surface area contributed by atoms with Gasteiger partial charge in [-0.05, 0) is 96.3 Å². The van der Waals surface area contributed by atoms with E-state index in [9.17, 15) is 34.5 Å². The third-order valence-electron chi connectivity index (χ3n) is 13.0. The number of aliphatic carboxylic acids is 1. The highest BCUT2D eigenvalue weighted by Gasteiger charge is 2.50. The van der Waals surface area contributed by atoms with Gasteiger partial charge in [-0.25, -0.2) is 4.79 Å². The van der Waals surface area contributed by atoms with Gasteiger partial charge in [-0.3, -0.25) is 14.4 Å². The van der Waals surface area contributed by atoms with Gasteiger partial charge < -0.3 is 39.0 Å². The van der Waals surface area contributed by atoms with Crippen molar-refractivity contribution in [3.63, 3.8) is 0 Å². The molecule has 1 aliphatic rings. The highest BCUT2D eigenvalue weighted by molar-refractivity contribution is 5.74. The van der Waals surface area contributed by atoms with Crippen LogP contribution in [0.25, 0.3) is 0 Å². The smallest absolute Gasteiger partial charge is 0.335 e. The summed E-state index contributed by atoms with van der Waals surface area (Å²) in [5, 5.41) is 31.5. The van der Waals surface area contributed by atoms with E-state index >= 15 is 0 Å². The van der Waals surface area contributed by atoms with Crippen molar-refractivity contribution in [2.75, 3.05) is 13.2 Å². The van der Waals surface area contributed by atoms with Crippen molar-refractivity contribution >= 4 is 23.9 Å². The molecule has 0 bridgehead atoms. The van der Waals surface area contributed by atoms with Crippen LogP contribution >= 0.6 is 0 Å². The van der Waals surface area contributed by atoms with Gasteiger partial charge in [0.25, 0.3) is 0 Å². The Hall–Kier alpha value is -4.10. The Morgan fingerprint density at radius 1 is 0.453 bits per heavy atom. The molecule has 6 unspecified atom stereocenters. The van der Waals surface area contributed by atoms with Gasteiger partial charge in [0.1, 0.15) is 18.8 Å². The quantitative estimate of drug-likeness (QED) is 0.0228. The summed E-state index contributed by atoms with van der Waals surface area (Å²) in [4.78, 5) is 51.1. The lowest BCUT2D eigenvalue weighted by molar-refractivity contribution is -0.301. The van der Waals surface area contributed by atoms with E-state index in [2.05, 4.69) is 106 Å². The Labute approximate surface area is 454 Å². The van der Waals surface area contributed by atoms with E-state index in [-0.39, 0.29) is 25.9 Å². The van der Waals surface area contributed by atoms with Gasteiger partial charge in [0, 0.05) is 19.3 Å². The van der Waals surface area contributed by atoms with Gasteiger partial charge in [0.05, 0.1) is 6.61 Å². The second kappa shape index (κ2) is 50.7. The van der Waals surface area contributed by atoms with E-state index in [1.807, 2.05) is 0 Å². The van der Waals surface area contributed by atoms with Crippen LogP contribution in [0.15, 0.2) is 85.1 Å². The van der Waals surface area contributed by atoms with Crippen LogP contribution < -0.4 is 0 Å². The molecule has 1 heterocycles. The van der Waals surface area contributed by atoms with Gasteiger partial charge in [-0.15, -0.1) is 0 Å². The molecule has 12 nitrogen and oxygen atoms in total. The summed E-state index contributed by atoms with van der Waals surface area (Å²) in [5.74, 6) is -3.18. The van der Waals surface area contributed by atoms with Crippen LogP contribution in [0, 0.1) is 0 Å². The van der Waals surface area contributed by atoms with Gasteiger partial charge in [0.2, 0.25) is 0 Å². The number of unbranched alkanes of at least 4 members (excludes halogenated alkanes) is 21. The predicted molar refractivity (Wildman–Crippen MR) is 303 cm³/mol. The van der Waals surface area contributed by atoms with Crippen molar-refractivity contribution in [3.05, 3.63) is 85.1 Å². The maximum atomic E-state index is 13.1. The molecule has 1 aliphatic heterocycles. The average molecular weight is 1050 g/mol. The second-order valence-corrected chi connectivity index (χ2v) is 19.9. The summed E-state index contributed by atoms with van der Waals surface area (Å²) in [7, 11) is 0. The van der Waals surface area contributed by atoms with Gasteiger partial charge >= 0.3 is 23.9 Å². The molecule has 428 valence electrons. The molecule has 1 fully saturated rings. The minimum atomic E-state index is -1.92. The lowest BCUT2D eigenvalue weighted by Gasteiger charge is -2.40. The Morgan fingerprint density at radius 3 is 1.32 bits per heavy atom. The zero-order valence-corrected chi connectivity index (χ0v) is 47.0. The number of rotatable bonds is 49. The number of esters is 3. The maximum Gasteiger partial charge on any atom is 0.335 e. The van der Waals surface area contributed by atoms with Crippen LogP contribution in [0.5, 0.6) is 0 Å². The van der Waals surface area contributed by atoms with Crippen molar-refractivity contribution in [1.82, 2.24) is 0 Å². The molecule has 0 aliphatic carbocycles. The van der Waals surface area contributed by atoms with E-state index in [0.717, 1.165) is 116 Å². The predicted octanol–water partition coefficient (Wildman–Crippen LogP) is 15.1. The Morgan fingerprint density at radius 2 is 0.840 bits per heavy atom. The Kier molecular flexibility index (Phi) is 46.6. The summed E-state index contributed by atoms with van der Waals surface area (Å²) >= 11 is 0. The molecule has 0 aromatic heterocycles.